The summed E-state index contributed by atoms with van der Waals surface area (Å²) in [4.78, 5) is 24.7. The summed E-state index contributed by atoms with van der Waals surface area (Å²) >= 11 is 0. The van der Waals surface area contributed by atoms with Gasteiger partial charge < -0.3 is 15.6 Å². The average molecular weight is 415 g/mol. The third-order valence-corrected chi connectivity index (χ3v) is 6.02. The molecule has 0 bridgehead atoms. The molecule has 31 heavy (non-hydrogen) atoms. The molecule has 0 aromatic heterocycles. The van der Waals surface area contributed by atoms with Gasteiger partial charge in [0.05, 0.1) is 0 Å². The molecule has 0 saturated heterocycles. The fourth-order valence-corrected chi connectivity index (χ4v) is 4.36. The summed E-state index contributed by atoms with van der Waals surface area (Å²) in [6.07, 6.45) is 0.286. The number of ether oxygens (including phenoxy) is 1. The number of carboxylic acids is 1. The van der Waals surface area contributed by atoms with Crippen molar-refractivity contribution in [3.63, 3.8) is 0 Å². The molecule has 0 heterocycles. The number of aryl methyl sites for hydroxylation is 1. The minimum atomic E-state index is -1.42. The summed E-state index contributed by atoms with van der Waals surface area (Å²) in [5.41, 5.74) is 12.5. The van der Waals surface area contributed by atoms with Crippen LogP contribution in [0.4, 0.5) is 0 Å². The van der Waals surface area contributed by atoms with Crippen molar-refractivity contribution in [2.75, 3.05) is 6.61 Å². The second-order valence-electron chi connectivity index (χ2n) is 7.97. The van der Waals surface area contributed by atoms with E-state index in [0.717, 1.165) is 33.4 Å². The Hall–Kier alpha value is -3.44. The number of aliphatic carboxylic acids is 1. The zero-order valence-electron chi connectivity index (χ0n) is 17.3. The van der Waals surface area contributed by atoms with E-state index >= 15 is 0 Å². The number of nitrogens with two attached hydrogens (primary N) is 1. The number of carbonyl (C=O) groups excluding carboxylic acids is 1. The molecule has 1 aliphatic rings. The van der Waals surface area contributed by atoms with Crippen LogP contribution in [0.25, 0.3) is 11.1 Å². The minimum Gasteiger partial charge on any atom is -0.481 e. The number of hydrogen-bond acceptors (Lipinski definition) is 4. The average Bonchev–Trinajstić information content (AvgIpc) is 3.07. The predicted octanol–water partition coefficient (Wildman–Crippen LogP) is 3.92. The van der Waals surface area contributed by atoms with E-state index in [9.17, 15) is 14.7 Å². The second-order valence-corrected chi connectivity index (χ2v) is 7.97. The Labute approximate surface area is 181 Å². The van der Waals surface area contributed by atoms with E-state index in [0.29, 0.717) is 0 Å². The number of fused-ring (bicyclic) bond motifs is 3. The molecular weight excluding hydrogens is 390 g/mol. The zero-order chi connectivity index (χ0) is 22.0. The van der Waals surface area contributed by atoms with E-state index in [-0.39, 0.29) is 18.9 Å². The third kappa shape index (κ3) is 4.09. The van der Waals surface area contributed by atoms with Crippen LogP contribution in [-0.4, -0.2) is 29.7 Å². The third-order valence-electron chi connectivity index (χ3n) is 6.02. The maximum atomic E-state index is 12.8. The molecule has 0 unspecified atom stereocenters. The molecule has 5 heteroatoms. The van der Waals surface area contributed by atoms with E-state index in [1.165, 1.54) is 0 Å². The van der Waals surface area contributed by atoms with Crippen LogP contribution in [0.3, 0.4) is 0 Å². The fraction of sp³-hybridized carbons (Fsp3) is 0.231. The monoisotopic (exact) mass is 415 g/mol. The number of carboxylic acid groups (broad SMARTS) is 1. The summed E-state index contributed by atoms with van der Waals surface area (Å²) in [7, 11) is 0. The first-order valence-corrected chi connectivity index (χ1v) is 10.3. The normalized spacial score (nSPS) is 14.4. The summed E-state index contributed by atoms with van der Waals surface area (Å²) in [5, 5.41) is 9.69. The van der Waals surface area contributed by atoms with Gasteiger partial charge >= 0.3 is 11.9 Å². The van der Waals surface area contributed by atoms with Gasteiger partial charge in [0.25, 0.3) is 0 Å². The van der Waals surface area contributed by atoms with Crippen molar-refractivity contribution in [3.8, 4) is 11.1 Å². The van der Waals surface area contributed by atoms with Gasteiger partial charge in [0.2, 0.25) is 0 Å². The molecule has 0 aliphatic heterocycles. The first-order valence-electron chi connectivity index (χ1n) is 10.3. The molecule has 0 saturated carbocycles. The molecule has 1 aliphatic carbocycles. The number of hydrogen-bond donors (Lipinski definition) is 2. The van der Waals surface area contributed by atoms with Gasteiger partial charge in [0.15, 0.2) is 5.92 Å². The van der Waals surface area contributed by atoms with Crippen LogP contribution in [0, 0.1) is 12.8 Å². The summed E-state index contributed by atoms with van der Waals surface area (Å²) in [5.74, 6) is -3.61. The van der Waals surface area contributed by atoms with E-state index in [1.807, 2.05) is 79.7 Å². The topological polar surface area (TPSA) is 89.6 Å². The van der Waals surface area contributed by atoms with Gasteiger partial charge in [-0.25, -0.2) is 0 Å². The summed E-state index contributed by atoms with van der Waals surface area (Å²) in [6, 6.07) is 22.7. The van der Waals surface area contributed by atoms with Gasteiger partial charge in [0, 0.05) is 12.0 Å². The molecular formula is C26H25NO4. The van der Waals surface area contributed by atoms with Gasteiger partial charge in [-0.1, -0.05) is 72.8 Å². The number of benzene rings is 3. The van der Waals surface area contributed by atoms with Crippen LogP contribution < -0.4 is 5.73 Å². The molecule has 158 valence electrons. The smallest absolute Gasteiger partial charge is 0.321 e. The first-order chi connectivity index (χ1) is 15.0. The lowest BCUT2D eigenvalue weighted by molar-refractivity contribution is -0.159. The quantitative estimate of drug-likeness (QED) is 0.451. The highest BCUT2D eigenvalue weighted by molar-refractivity contribution is 5.95. The fourth-order valence-electron chi connectivity index (χ4n) is 4.36. The lowest BCUT2D eigenvalue weighted by Crippen LogP contribution is -2.43. The van der Waals surface area contributed by atoms with Crippen LogP contribution in [0.1, 0.15) is 28.2 Å². The number of rotatable bonds is 7. The predicted molar refractivity (Wildman–Crippen MR) is 119 cm³/mol. The van der Waals surface area contributed by atoms with Crippen molar-refractivity contribution in [3.05, 3.63) is 95.1 Å². The van der Waals surface area contributed by atoms with Crippen molar-refractivity contribution < 1.29 is 19.4 Å². The van der Waals surface area contributed by atoms with Crippen LogP contribution in [0.15, 0.2) is 72.8 Å². The Bertz CT molecular complexity index is 1080. The molecule has 3 aromatic carbocycles. The van der Waals surface area contributed by atoms with E-state index in [2.05, 4.69) is 0 Å². The number of esters is 1. The van der Waals surface area contributed by atoms with Gasteiger partial charge in [-0.05, 0) is 46.7 Å². The Morgan fingerprint density at radius 3 is 2.06 bits per heavy atom. The molecule has 2 atom stereocenters. The Kier molecular flexibility index (Phi) is 5.87. The van der Waals surface area contributed by atoms with Crippen LogP contribution in [0.5, 0.6) is 0 Å². The first kappa shape index (κ1) is 20.8. The minimum absolute atomic E-state index is 0.0771. The molecule has 3 aromatic rings. The lowest BCUT2D eigenvalue weighted by atomic mass is 9.92. The van der Waals surface area contributed by atoms with E-state index in [4.69, 9.17) is 10.5 Å². The summed E-state index contributed by atoms with van der Waals surface area (Å²) in [6.45, 7) is 2.01. The Balaban J connectivity index is 1.50. The standard InChI is InChI=1S/C26H25NO4/c1-16-8-2-3-9-17(16)14-23(27)24(25(28)29)26(30)31-15-22-20-12-6-4-10-18(20)19-11-5-7-13-21(19)22/h2-13,22-24H,14-15,27H2,1H3,(H,28,29)/t23-,24+/m0/s1. The molecule has 4 rings (SSSR count). The van der Waals surface area contributed by atoms with Crippen molar-refractivity contribution >= 4 is 11.9 Å². The second kappa shape index (κ2) is 8.74. The van der Waals surface area contributed by atoms with E-state index in [1.54, 1.807) is 0 Å². The SMILES string of the molecule is Cc1ccccc1C[C@H](N)[C@H](C(=O)O)C(=O)OCC1c2ccccc2-c2ccccc21. The molecule has 5 nitrogen and oxygen atoms in total. The van der Waals surface area contributed by atoms with Crippen LogP contribution in [-0.2, 0) is 20.7 Å². The molecule has 0 radical (unpaired) electrons. The maximum absolute atomic E-state index is 12.8. The maximum Gasteiger partial charge on any atom is 0.321 e. The highest BCUT2D eigenvalue weighted by Crippen LogP contribution is 2.44. The molecule has 0 spiro atoms. The van der Waals surface area contributed by atoms with Crippen LogP contribution in [0.2, 0.25) is 0 Å². The van der Waals surface area contributed by atoms with Gasteiger partial charge in [-0.3, -0.25) is 9.59 Å². The van der Waals surface area contributed by atoms with Crippen molar-refractivity contribution in [2.45, 2.75) is 25.3 Å². The summed E-state index contributed by atoms with van der Waals surface area (Å²) < 4.78 is 5.55. The largest absolute Gasteiger partial charge is 0.481 e. The molecule has 3 N–H and O–H groups in total. The number of carbonyl (C=O) groups is 2. The Morgan fingerprint density at radius 1 is 0.935 bits per heavy atom. The van der Waals surface area contributed by atoms with Crippen molar-refractivity contribution in [2.24, 2.45) is 11.7 Å². The van der Waals surface area contributed by atoms with Crippen molar-refractivity contribution in [1.29, 1.82) is 0 Å². The lowest BCUT2D eigenvalue weighted by Gasteiger charge is -2.21. The van der Waals surface area contributed by atoms with Gasteiger partial charge in [-0.2, -0.15) is 0 Å². The van der Waals surface area contributed by atoms with Crippen LogP contribution >= 0.6 is 0 Å². The van der Waals surface area contributed by atoms with E-state index < -0.39 is 23.9 Å². The Morgan fingerprint density at radius 2 is 1.48 bits per heavy atom. The highest BCUT2D eigenvalue weighted by atomic mass is 16.5. The molecule has 0 fully saturated rings. The van der Waals surface area contributed by atoms with Gasteiger partial charge in [-0.15, -0.1) is 0 Å². The van der Waals surface area contributed by atoms with Crippen molar-refractivity contribution in [1.82, 2.24) is 0 Å². The van der Waals surface area contributed by atoms with Gasteiger partial charge in [0.1, 0.15) is 6.61 Å². The highest BCUT2D eigenvalue weighted by Gasteiger charge is 2.36. The zero-order valence-corrected chi connectivity index (χ0v) is 17.3. The molecule has 0 amide bonds.